The van der Waals surface area contributed by atoms with E-state index in [0.29, 0.717) is 0 Å². The molecule has 3 unspecified atom stereocenters. The van der Waals surface area contributed by atoms with Gasteiger partial charge in [-0.15, -0.1) is 0 Å². The Morgan fingerprint density at radius 2 is 1.75 bits per heavy atom. The molecule has 0 aromatic heterocycles. The predicted octanol–water partition coefficient (Wildman–Crippen LogP) is -1.95. The molecule has 0 aromatic carbocycles. The first kappa shape index (κ1) is 9.88. The third-order valence-corrected chi connectivity index (χ3v) is 2.21. The van der Waals surface area contributed by atoms with E-state index in [1.807, 2.05) is 0 Å². The first-order valence-corrected chi connectivity index (χ1v) is 3.88. The van der Waals surface area contributed by atoms with Gasteiger partial charge in [0.15, 0.2) is 6.29 Å². The highest BCUT2D eigenvalue weighted by Crippen LogP contribution is 2.23. The standard InChI is InChI=1S/C7H14O5/c1-3-5(9)6(10)4(2-8)12-7(3)11/h3-11H,2H2,1H3/t3-,4?,5?,6+,7?/m1/s1. The van der Waals surface area contributed by atoms with Gasteiger partial charge in [-0.25, -0.2) is 0 Å². The molecule has 0 saturated carbocycles. The maximum absolute atomic E-state index is 9.32. The normalized spacial score (nSPS) is 49.2. The molecule has 1 heterocycles. The van der Waals surface area contributed by atoms with E-state index in [-0.39, 0.29) is 0 Å². The molecule has 5 heteroatoms. The molecule has 72 valence electrons. The van der Waals surface area contributed by atoms with Gasteiger partial charge in [-0.2, -0.15) is 0 Å². The third kappa shape index (κ3) is 1.60. The average molecular weight is 178 g/mol. The van der Waals surface area contributed by atoms with Gasteiger partial charge < -0.3 is 25.2 Å². The summed E-state index contributed by atoms with van der Waals surface area (Å²) in [6, 6.07) is 0. The molecule has 0 aliphatic carbocycles. The quantitative estimate of drug-likeness (QED) is 0.375. The van der Waals surface area contributed by atoms with Crippen LogP contribution in [0.2, 0.25) is 0 Å². The van der Waals surface area contributed by atoms with E-state index in [9.17, 15) is 10.2 Å². The van der Waals surface area contributed by atoms with E-state index in [1.54, 1.807) is 6.92 Å². The number of ether oxygens (including phenoxy) is 1. The van der Waals surface area contributed by atoms with Crippen LogP contribution in [-0.4, -0.2) is 51.6 Å². The lowest BCUT2D eigenvalue weighted by atomic mass is 9.93. The van der Waals surface area contributed by atoms with E-state index in [0.717, 1.165) is 0 Å². The van der Waals surface area contributed by atoms with Crippen LogP contribution in [0, 0.1) is 5.92 Å². The van der Waals surface area contributed by atoms with E-state index in [1.165, 1.54) is 0 Å². The minimum atomic E-state index is -1.13. The lowest BCUT2D eigenvalue weighted by Gasteiger charge is -2.38. The highest BCUT2D eigenvalue weighted by atomic mass is 16.6. The van der Waals surface area contributed by atoms with Crippen LogP contribution in [0.4, 0.5) is 0 Å². The van der Waals surface area contributed by atoms with Crippen LogP contribution >= 0.6 is 0 Å². The fourth-order valence-electron chi connectivity index (χ4n) is 1.23. The van der Waals surface area contributed by atoms with Crippen LogP contribution in [0.3, 0.4) is 0 Å². The second kappa shape index (κ2) is 3.68. The van der Waals surface area contributed by atoms with Gasteiger partial charge in [0, 0.05) is 5.92 Å². The summed E-state index contributed by atoms with van der Waals surface area (Å²) >= 11 is 0. The summed E-state index contributed by atoms with van der Waals surface area (Å²) in [6.45, 7) is 1.15. The summed E-state index contributed by atoms with van der Waals surface area (Å²) in [5.74, 6) is -0.539. The van der Waals surface area contributed by atoms with Crippen LogP contribution in [0.15, 0.2) is 0 Å². The second-order valence-corrected chi connectivity index (χ2v) is 3.09. The van der Waals surface area contributed by atoms with E-state index >= 15 is 0 Å². The highest BCUT2D eigenvalue weighted by molar-refractivity contribution is 4.86. The minimum absolute atomic E-state index is 0.415. The first-order chi connectivity index (χ1) is 5.57. The topological polar surface area (TPSA) is 90.2 Å². The van der Waals surface area contributed by atoms with E-state index in [2.05, 4.69) is 0 Å². The molecule has 1 fully saturated rings. The molecule has 0 radical (unpaired) electrons. The molecule has 12 heavy (non-hydrogen) atoms. The Balaban J connectivity index is 2.63. The van der Waals surface area contributed by atoms with E-state index in [4.69, 9.17) is 14.9 Å². The second-order valence-electron chi connectivity index (χ2n) is 3.09. The zero-order valence-electron chi connectivity index (χ0n) is 6.79. The van der Waals surface area contributed by atoms with Crippen molar-refractivity contribution in [2.45, 2.75) is 31.5 Å². The summed E-state index contributed by atoms with van der Waals surface area (Å²) in [7, 11) is 0. The van der Waals surface area contributed by atoms with Crippen molar-refractivity contribution in [3.63, 3.8) is 0 Å². The fraction of sp³-hybridized carbons (Fsp3) is 1.00. The van der Waals surface area contributed by atoms with Crippen molar-refractivity contribution in [3.05, 3.63) is 0 Å². The van der Waals surface area contributed by atoms with Crippen LogP contribution in [0.5, 0.6) is 0 Å². The van der Waals surface area contributed by atoms with Crippen molar-refractivity contribution in [1.29, 1.82) is 0 Å². The molecule has 0 amide bonds. The number of hydrogen-bond acceptors (Lipinski definition) is 5. The molecule has 4 N–H and O–H groups in total. The van der Waals surface area contributed by atoms with Gasteiger partial charge in [0.2, 0.25) is 0 Å². The van der Waals surface area contributed by atoms with Gasteiger partial charge in [-0.1, -0.05) is 6.92 Å². The molecule has 1 saturated heterocycles. The Bertz CT molecular complexity index is 146. The molecule has 0 bridgehead atoms. The van der Waals surface area contributed by atoms with Crippen LogP contribution < -0.4 is 0 Å². The number of aliphatic hydroxyl groups excluding tert-OH is 4. The van der Waals surface area contributed by atoms with Crippen LogP contribution in [-0.2, 0) is 4.74 Å². The first-order valence-electron chi connectivity index (χ1n) is 3.88. The van der Waals surface area contributed by atoms with Crippen molar-refractivity contribution >= 4 is 0 Å². The van der Waals surface area contributed by atoms with Gasteiger partial charge >= 0.3 is 0 Å². The molecule has 0 aromatic rings. The molecule has 1 aliphatic rings. The molecular formula is C7H14O5. The lowest BCUT2D eigenvalue weighted by Crippen LogP contribution is -2.54. The van der Waals surface area contributed by atoms with Gasteiger partial charge in [-0.3, -0.25) is 0 Å². The van der Waals surface area contributed by atoms with Crippen molar-refractivity contribution < 1.29 is 25.2 Å². The van der Waals surface area contributed by atoms with Crippen molar-refractivity contribution in [1.82, 2.24) is 0 Å². The number of hydrogen-bond donors (Lipinski definition) is 4. The van der Waals surface area contributed by atoms with Gasteiger partial charge in [0.05, 0.1) is 12.7 Å². The summed E-state index contributed by atoms with van der Waals surface area (Å²) < 4.78 is 4.83. The summed E-state index contributed by atoms with van der Waals surface area (Å²) in [6.07, 6.45) is -4.20. The van der Waals surface area contributed by atoms with Crippen molar-refractivity contribution in [2.75, 3.05) is 6.61 Å². The largest absolute Gasteiger partial charge is 0.394 e. The maximum atomic E-state index is 9.32. The molecule has 1 rings (SSSR count). The summed E-state index contributed by atoms with van der Waals surface area (Å²) in [5, 5.41) is 36.4. The summed E-state index contributed by atoms with van der Waals surface area (Å²) in [5.41, 5.74) is 0. The fourth-order valence-corrected chi connectivity index (χ4v) is 1.23. The van der Waals surface area contributed by atoms with Crippen LogP contribution in [0.1, 0.15) is 6.92 Å². The predicted molar refractivity (Wildman–Crippen MR) is 39.1 cm³/mol. The Hall–Kier alpha value is -0.200. The van der Waals surface area contributed by atoms with Gasteiger partial charge in [0.1, 0.15) is 12.2 Å². The Kier molecular flexibility index (Phi) is 3.03. The zero-order chi connectivity index (χ0) is 9.30. The Morgan fingerprint density at radius 3 is 2.25 bits per heavy atom. The zero-order valence-corrected chi connectivity index (χ0v) is 6.79. The molecular weight excluding hydrogens is 164 g/mol. The Morgan fingerprint density at radius 1 is 1.17 bits per heavy atom. The van der Waals surface area contributed by atoms with E-state index < -0.39 is 37.1 Å². The Labute approximate surface area is 70.2 Å². The monoisotopic (exact) mass is 178 g/mol. The van der Waals surface area contributed by atoms with Gasteiger partial charge in [0.25, 0.3) is 0 Å². The molecule has 5 nitrogen and oxygen atoms in total. The van der Waals surface area contributed by atoms with Crippen molar-refractivity contribution in [3.8, 4) is 0 Å². The SMILES string of the molecule is C[C@H]1C(O)OC(CO)[C@H](O)C1O. The average Bonchev–Trinajstić information content (AvgIpc) is 2.08. The molecule has 0 spiro atoms. The number of rotatable bonds is 1. The smallest absolute Gasteiger partial charge is 0.160 e. The maximum Gasteiger partial charge on any atom is 0.160 e. The van der Waals surface area contributed by atoms with Crippen molar-refractivity contribution in [2.24, 2.45) is 5.92 Å². The van der Waals surface area contributed by atoms with Crippen LogP contribution in [0.25, 0.3) is 0 Å². The molecule has 5 atom stereocenters. The summed E-state index contributed by atoms with van der Waals surface area (Å²) in [4.78, 5) is 0. The highest BCUT2D eigenvalue weighted by Gasteiger charge is 2.40. The number of aliphatic hydroxyl groups is 4. The van der Waals surface area contributed by atoms with Gasteiger partial charge in [-0.05, 0) is 0 Å². The third-order valence-electron chi connectivity index (χ3n) is 2.21. The molecule has 1 aliphatic heterocycles. The lowest BCUT2D eigenvalue weighted by molar-refractivity contribution is -0.266. The minimum Gasteiger partial charge on any atom is -0.394 e.